The predicted molar refractivity (Wildman–Crippen MR) is 204 cm³/mol. The van der Waals surface area contributed by atoms with Crippen LogP contribution in [-0.4, -0.2) is 9.97 Å². The molecule has 10 rings (SSSR count). The average molecular weight is 625 g/mol. The van der Waals surface area contributed by atoms with E-state index in [2.05, 4.69) is 152 Å². The molecule has 2 heterocycles. The van der Waals surface area contributed by atoms with Crippen LogP contribution in [0.25, 0.3) is 99.3 Å². The summed E-state index contributed by atoms with van der Waals surface area (Å²) in [4.78, 5) is 10.4. The van der Waals surface area contributed by atoms with Gasteiger partial charge in [0.05, 0.1) is 11.4 Å². The average Bonchev–Trinajstić information content (AvgIpc) is 3.53. The van der Waals surface area contributed by atoms with E-state index in [0.717, 1.165) is 66.5 Å². The first-order valence-electron chi connectivity index (χ1n) is 16.6. The molecule has 3 heteroatoms. The summed E-state index contributed by atoms with van der Waals surface area (Å²) in [5, 5.41) is 9.27. The second-order valence-corrected chi connectivity index (χ2v) is 12.6. The Labute approximate surface area is 282 Å². The molecule has 0 spiro atoms. The molecule has 228 valence electrons. The number of nitrogens with zero attached hydrogens (tertiary/aromatic N) is 2. The van der Waals surface area contributed by atoms with E-state index in [9.17, 15) is 0 Å². The molecule has 0 unspecified atom stereocenters. The number of benzene rings is 8. The van der Waals surface area contributed by atoms with Crippen LogP contribution in [0.15, 0.2) is 174 Å². The summed E-state index contributed by atoms with van der Waals surface area (Å²) in [6, 6.07) is 59.8. The van der Waals surface area contributed by atoms with Crippen molar-refractivity contribution in [2.24, 2.45) is 0 Å². The molecule has 2 aromatic heterocycles. The number of furan rings is 1. The minimum atomic E-state index is 0.691. The van der Waals surface area contributed by atoms with E-state index in [1.165, 1.54) is 26.9 Å². The van der Waals surface area contributed by atoms with Crippen LogP contribution in [0.5, 0.6) is 0 Å². The monoisotopic (exact) mass is 624 g/mol. The van der Waals surface area contributed by atoms with E-state index in [1.54, 1.807) is 0 Å². The Kier molecular flexibility index (Phi) is 6.18. The third-order valence-corrected chi connectivity index (χ3v) is 9.60. The zero-order chi connectivity index (χ0) is 32.3. The summed E-state index contributed by atoms with van der Waals surface area (Å²) in [5.41, 5.74) is 8.65. The second-order valence-electron chi connectivity index (χ2n) is 12.6. The molecule has 0 saturated carbocycles. The molecular formula is C46H28N2O. The zero-order valence-corrected chi connectivity index (χ0v) is 26.5. The van der Waals surface area contributed by atoms with Gasteiger partial charge in [0.1, 0.15) is 11.2 Å². The minimum Gasteiger partial charge on any atom is -0.455 e. The lowest BCUT2D eigenvalue weighted by Gasteiger charge is -2.12. The summed E-state index contributed by atoms with van der Waals surface area (Å²) in [5.74, 6) is 0.691. The van der Waals surface area contributed by atoms with Gasteiger partial charge in [-0.2, -0.15) is 0 Å². The molecule has 0 radical (unpaired) electrons. The molecule has 0 amide bonds. The maximum absolute atomic E-state index is 6.74. The Bertz CT molecular complexity index is 2890. The SMILES string of the molecule is c1ccc(-c2nc(-c3ccc4ccccc4c3)cc(-c3cc(-c4ccc5ccccc5c4)c4oc5cc6ccccc6cc5c4c3)n2)cc1. The summed E-state index contributed by atoms with van der Waals surface area (Å²) in [6.45, 7) is 0. The molecule has 0 atom stereocenters. The molecule has 0 fully saturated rings. The molecule has 0 saturated heterocycles. The van der Waals surface area contributed by atoms with Gasteiger partial charge in [0, 0.05) is 33.0 Å². The van der Waals surface area contributed by atoms with Crippen LogP contribution in [0.2, 0.25) is 0 Å². The first-order valence-corrected chi connectivity index (χ1v) is 16.6. The maximum atomic E-state index is 6.74. The Balaban J connectivity index is 1.26. The number of hydrogen-bond donors (Lipinski definition) is 0. The molecule has 0 aliphatic heterocycles. The van der Waals surface area contributed by atoms with Gasteiger partial charge in [-0.05, 0) is 80.3 Å². The minimum absolute atomic E-state index is 0.691. The third kappa shape index (κ3) is 4.75. The van der Waals surface area contributed by atoms with Gasteiger partial charge in [-0.1, -0.05) is 127 Å². The number of aromatic nitrogens is 2. The molecule has 3 nitrogen and oxygen atoms in total. The van der Waals surface area contributed by atoms with Gasteiger partial charge in [0.15, 0.2) is 5.82 Å². The normalized spacial score (nSPS) is 11.7. The van der Waals surface area contributed by atoms with Crippen molar-refractivity contribution in [3.8, 4) is 45.0 Å². The van der Waals surface area contributed by atoms with Crippen LogP contribution in [-0.2, 0) is 0 Å². The van der Waals surface area contributed by atoms with Gasteiger partial charge in [0.25, 0.3) is 0 Å². The van der Waals surface area contributed by atoms with E-state index in [4.69, 9.17) is 14.4 Å². The molecule has 0 aliphatic carbocycles. The Morgan fingerprint density at radius 3 is 1.59 bits per heavy atom. The first-order chi connectivity index (χ1) is 24.2. The smallest absolute Gasteiger partial charge is 0.160 e. The highest BCUT2D eigenvalue weighted by Gasteiger charge is 2.18. The topological polar surface area (TPSA) is 38.9 Å². The predicted octanol–water partition coefficient (Wildman–Crippen LogP) is 12.5. The number of fused-ring (bicyclic) bond motifs is 6. The van der Waals surface area contributed by atoms with Crippen LogP contribution in [0, 0.1) is 0 Å². The standard InChI is InChI=1S/C46H28N2O/c1-2-12-31(13-3-1)46-47-42(37-21-19-30-11-5-7-15-33(30)23-37)28-43(48-46)38-25-39(36-20-18-29-10-4-6-14-32(29)22-36)45-41(26-38)40-24-34-16-8-9-17-35(34)27-44(40)49-45/h1-28H. The molecule has 0 aliphatic rings. The van der Waals surface area contributed by atoms with Gasteiger partial charge < -0.3 is 4.42 Å². The molecule has 0 N–H and O–H groups in total. The highest BCUT2D eigenvalue weighted by Crippen LogP contribution is 2.42. The van der Waals surface area contributed by atoms with E-state index in [-0.39, 0.29) is 0 Å². The van der Waals surface area contributed by atoms with Crippen molar-refractivity contribution in [3.63, 3.8) is 0 Å². The van der Waals surface area contributed by atoms with Gasteiger partial charge >= 0.3 is 0 Å². The van der Waals surface area contributed by atoms with Gasteiger partial charge in [0.2, 0.25) is 0 Å². The van der Waals surface area contributed by atoms with Crippen LogP contribution in [0.4, 0.5) is 0 Å². The molecular weight excluding hydrogens is 597 g/mol. The highest BCUT2D eigenvalue weighted by molar-refractivity contribution is 6.14. The first kappa shape index (κ1) is 27.5. The summed E-state index contributed by atoms with van der Waals surface area (Å²) in [7, 11) is 0. The van der Waals surface area contributed by atoms with Gasteiger partial charge in [-0.25, -0.2) is 9.97 Å². The van der Waals surface area contributed by atoms with Crippen molar-refractivity contribution < 1.29 is 4.42 Å². The quantitative estimate of drug-likeness (QED) is 0.196. The number of hydrogen-bond acceptors (Lipinski definition) is 3. The van der Waals surface area contributed by atoms with E-state index in [1.807, 2.05) is 18.2 Å². The fourth-order valence-electron chi connectivity index (χ4n) is 7.09. The van der Waals surface area contributed by atoms with E-state index >= 15 is 0 Å². The van der Waals surface area contributed by atoms with Crippen molar-refractivity contribution in [1.82, 2.24) is 9.97 Å². The molecule has 8 aromatic carbocycles. The van der Waals surface area contributed by atoms with Crippen molar-refractivity contribution in [2.75, 3.05) is 0 Å². The lowest BCUT2D eigenvalue weighted by molar-refractivity contribution is 0.670. The largest absolute Gasteiger partial charge is 0.455 e. The highest BCUT2D eigenvalue weighted by atomic mass is 16.3. The van der Waals surface area contributed by atoms with Crippen molar-refractivity contribution >= 4 is 54.3 Å². The lowest BCUT2D eigenvalue weighted by Crippen LogP contribution is -1.96. The fraction of sp³-hybridized carbons (Fsp3) is 0. The summed E-state index contributed by atoms with van der Waals surface area (Å²) < 4.78 is 6.74. The van der Waals surface area contributed by atoms with Crippen molar-refractivity contribution in [3.05, 3.63) is 170 Å². The summed E-state index contributed by atoms with van der Waals surface area (Å²) in [6.07, 6.45) is 0. The lowest BCUT2D eigenvalue weighted by atomic mass is 9.95. The van der Waals surface area contributed by atoms with Crippen LogP contribution in [0.3, 0.4) is 0 Å². The van der Waals surface area contributed by atoms with Crippen LogP contribution < -0.4 is 0 Å². The Morgan fingerprint density at radius 1 is 0.347 bits per heavy atom. The van der Waals surface area contributed by atoms with E-state index < -0.39 is 0 Å². The van der Waals surface area contributed by atoms with Crippen LogP contribution >= 0.6 is 0 Å². The number of rotatable bonds is 4. The van der Waals surface area contributed by atoms with Crippen molar-refractivity contribution in [2.45, 2.75) is 0 Å². The Morgan fingerprint density at radius 2 is 0.898 bits per heavy atom. The fourth-order valence-corrected chi connectivity index (χ4v) is 7.09. The van der Waals surface area contributed by atoms with E-state index in [0.29, 0.717) is 5.82 Å². The Hall–Kier alpha value is -6.58. The van der Waals surface area contributed by atoms with Gasteiger partial charge in [-0.3, -0.25) is 0 Å². The molecule has 10 aromatic rings. The van der Waals surface area contributed by atoms with Crippen LogP contribution in [0.1, 0.15) is 0 Å². The zero-order valence-electron chi connectivity index (χ0n) is 26.5. The molecule has 0 bridgehead atoms. The maximum Gasteiger partial charge on any atom is 0.160 e. The summed E-state index contributed by atoms with van der Waals surface area (Å²) >= 11 is 0. The van der Waals surface area contributed by atoms with Gasteiger partial charge in [-0.15, -0.1) is 0 Å². The second kappa shape index (κ2) is 11.0. The van der Waals surface area contributed by atoms with Crippen molar-refractivity contribution in [1.29, 1.82) is 0 Å². The molecule has 49 heavy (non-hydrogen) atoms. The third-order valence-electron chi connectivity index (χ3n) is 9.60.